The van der Waals surface area contributed by atoms with Gasteiger partial charge in [0.25, 0.3) is 0 Å². The Morgan fingerprint density at radius 3 is 2.83 bits per heavy atom. The van der Waals surface area contributed by atoms with Crippen molar-refractivity contribution in [2.24, 2.45) is 0 Å². The fraction of sp³-hybridized carbons (Fsp3) is 0.375. The van der Waals surface area contributed by atoms with Crippen LogP contribution in [0.4, 0.5) is 0 Å². The van der Waals surface area contributed by atoms with Crippen molar-refractivity contribution in [2.75, 3.05) is 5.33 Å². The van der Waals surface area contributed by atoms with E-state index in [4.69, 9.17) is 9.52 Å². The molecule has 4 heteroatoms. The van der Waals surface area contributed by atoms with Crippen LogP contribution in [-0.4, -0.2) is 16.4 Å². The average molecular weight is 233 g/mol. The van der Waals surface area contributed by atoms with Gasteiger partial charge in [-0.05, 0) is 18.6 Å². The first-order valence-corrected chi connectivity index (χ1v) is 4.74. The van der Waals surface area contributed by atoms with Crippen LogP contribution in [0.15, 0.2) is 16.5 Å². The molecule has 1 rings (SSSR count). The lowest BCUT2D eigenvalue weighted by atomic mass is 10.3. The summed E-state index contributed by atoms with van der Waals surface area (Å²) in [4.78, 5) is 10.4. The molecule has 0 bridgehead atoms. The van der Waals surface area contributed by atoms with Crippen molar-refractivity contribution in [1.29, 1.82) is 0 Å². The number of furan rings is 1. The van der Waals surface area contributed by atoms with E-state index in [9.17, 15) is 4.79 Å². The Balaban J connectivity index is 2.58. The van der Waals surface area contributed by atoms with E-state index < -0.39 is 5.97 Å². The highest BCUT2D eigenvalue weighted by Gasteiger charge is 2.07. The summed E-state index contributed by atoms with van der Waals surface area (Å²) in [6, 6.07) is 3.18. The van der Waals surface area contributed by atoms with E-state index in [2.05, 4.69) is 15.9 Å². The van der Waals surface area contributed by atoms with Crippen LogP contribution in [0.5, 0.6) is 0 Å². The summed E-state index contributed by atoms with van der Waals surface area (Å²) < 4.78 is 5.03. The number of halogens is 1. The molecule has 0 fully saturated rings. The Bertz CT molecular complexity index is 267. The first kappa shape index (κ1) is 9.32. The minimum Gasteiger partial charge on any atom is -0.475 e. The predicted molar refractivity (Wildman–Crippen MR) is 47.8 cm³/mol. The van der Waals surface area contributed by atoms with Crippen LogP contribution in [0.25, 0.3) is 0 Å². The van der Waals surface area contributed by atoms with Crippen molar-refractivity contribution in [3.05, 3.63) is 23.7 Å². The molecule has 0 aliphatic rings. The number of aromatic carboxylic acids is 1. The maximum Gasteiger partial charge on any atom is 0.371 e. The minimum absolute atomic E-state index is 0.0135. The van der Waals surface area contributed by atoms with E-state index in [0.29, 0.717) is 0 Å². The lowest BCUT2D eigenvalue weighted by Gasteiger charge is -1.91. The first-order chi connectivity index (χ1) is 5.74. The average Bonchev–Trinajstić information content (AvgIpc) is 2.48. The van der Waals surface area contributed by atoms with Crippen LogP contribution < -0.4 is 0 Å². The molecule has 0 aliphatic heterocycles. The lowest BCUT2D eigenvalue weighted by Crippen LogP contribution is -1.92. The second-order valence-corrected chi connectivity index (χ2v) is 3.16. The van der Waals surface area contributed by atoms with E-state index in [1.165, 1.54) is 6.07 Å². The van der Waals surface area contributed by atoms with E-state index in [0.717, 1.165) is 23.9 Å². The third kappa shape index (κ3) is 2.37. The largest absolute Gasteiger partial charge is 0.475 e. The fourth-order valence-electron chi connectivity index (χ4n) is 0.868. The fourth-order valence-corrected chi connectivity index (χ4v) is 1.15. The van der Waals surface area contributed by atoms with E-state index in [-0.39, 0.29) is 5.76 Å². The molecule has 1 aromatic heterocycles. The summed E-state index contributed by atoms with van der Waals surface area (Å²) in [6.45, 7) is 0. The third-order valence-electron chi connectivity index (χ3n) is 1.43. The van der Waals surface area contributed by atoms with Crippen molar-refractivity contribution in [3.8, 4) is 0 Å². The van der Waals surface area contributed by atoms with Gasteiger partial charge in [-0.3, -0.25) is 0 Å². The molecule has 1 aromatic rings. The van der Waals surface area contributed by atoms with Crippen molar-refractivity contribution >= 4 is 21.9 Å². The highest BCUT2D eigenvalue weighted by atomic mass is 79.9. The van der Waals surface area contributed by atoms with E-state index in [1.807, 2.05) is 0 Å². The zero-order valence-electron chi connectivity index (χ0n) is 6.42. The van der Waals surface area contributed by atoms with Crippen LogP contribution in [-0.2, 0) is 6.42 Å². The predicted octanol–water partition coefficient (Wildman–Crippen LogP) is 2.31. The second kappa shape index (κ2) is 4.30. The van der Waals surface area contributed by atoms with Gasteiger partial charge in [0.05, 0.1) is 0 Å². The normalized spacial score (nSPS) is 10.1. The molecule has 1 N–H and O–H groups in total. The second-order valence-electron chi connectivity index (χ2n) is 2.36. The molecule has 66 valence electrons. The molecule has 3 nitrogen and oxygen atoms in total. The molecule has 0 radical (unpaired) electrons. The molecule has 0 amide bonds. The highest BCUT2D eigenvalue weighted by Crippen LogP contribution is 2.10. The number of carbonyl (C=O) groups is 1. The van der Waals surface area contributed by atoms with Crippen LogP contribution in [0.2, 0.25) is 0 Å². The van der Waals surface area contributed by atoms with Crippen molar-refractivity contribution in [1.82, 2.24) is 0 Å². The number of hydrogen-bond donors (Lipinski definition) is 1. The number of carboxylic acids is 1. The molecule has 0 aliphatic carbocycles. The summed E-state index contributed by atoms with van der Waals surface area (Å²) in [5, 5.41) is 9.42. The molecule has 1 heterocycles. The number of carboxylic acid groups (broad SMARTS) is 1. The Morgan fingerprint density at radius 1 is 1.58 bits per heavy atom. The van der Waals surface area contributed by atoms with E-state index in [1.54, 1.807) is 6.07 Å². The quantitative estimate of drug-likeness (QED) is 0.811. The van der Waals surface area contributed by atoms with Gasteiger partial charge >= 0.3 is 5.97 Å². The summed E-state index contributed by atoms with van der Waals surface area (Å²) in [7, 11) is 0. The molecular weight excluding hydrogens is 224 g/mol. The molecule has 0 atom stereocenters. The van der Waals surface area contributed by atoms with Crippen LogP contribution in [0.3, 0.4) is 0 Å². The van der Waals surface area contributed by atoms with Crippen LogP contribution in [0, 0.1) is 0 Å². The van der Waals surface area contributed by atoms with Gasteiger partial charge in [-0.2, -0.15) is 0 Å². The summed E-state index contributed by atoms with van der Waals surface area (Å²) >= 11 is 3.28. The molecular formula is C8H9BrO3. The summed E-state index contributed by atoms with van der Waals surface area (Å²) in [5.74, 6) is -0.272. The molecule has 0 saturated carbocycles. The Labute approximate surface area is 78.5 Å². The Morgan fingerprint density at radius 2 is 2.33 bits per heavy atom. The van der Waals surface area contributed by atoms with Gasteiger partial charge in [-0.1, -0.05) is 15.9 Å². The number of hydrogen-bond acceptors (Lipinski definition) is 2. The number of aryl methyl sites for hydroxylation is 1. The Kier molecular flexibility index (Phi) is 3.34. The molecule has 0 saturated heterocycles. The van der Waals surface area contributed by atoms with Crippen molar-refractivity contribution in [2.45, 2.75) is 12.8 Å². The number of rotatable bonds is 4. The lowest BCUT2D eigenvalue weighted by molar-refractivity contribution is 0.0660. The zero-order chi connectivity index (χ0) is 8.97. The number of alkyl halides is 1. The minimum atomic E-state index is -1.01. The van der Waals surface area contributed by atoms with Gasteiger partial charge in [0.2, 0.25) is 5.76 Å². The topological polar surface area (TPSA) is 50.4 Å². The van der Waals surface area contributed by atoms with Gasteiger partial charge in [-0.25, -0.2) is 4.79 Å². The summed E-state index contributed by atoms with van der Waals surface area (Å²) in [6.07, 6.45) is 1.73. The van der Waals surface area contributed by atoms with Gasteiger partial charge in [0.15, 0.2) is 0 Å². The van der Waals surface area contributed by atoms with Gasteiger partial charge in [0.1, 0.15) is 5.76 Å². The molecule has 0 aromatic carbocycles. The monoisotopic (exact) mass is 232 g/mol. The third-order valence-corrected chi connectivity index (χ3v) is 1.99. The van der Waals surface area contributed by atoms with Crippen LogP contribution >= 0.6 is 15.9 Å². The Hall–Kier alpha value is -0.770. The smallest absolute Gasteiger partial charge is 0.371 e. The zero-order valence-corrected chi connectivity index (χ0v) is 8.00. The van der Waals surface area contributed by atoms with Gasteiger partial charge in [0, 0.05) is 11.8 Å². The SMILES string of the molecule is O=C(O)c1ccc(CCCBr)o1. The van der Waals surface area contributed by atoms with Crippen LogP contribution in [0.1, 0.15) is 22.7 Å². The van der Waals surface area contributed by atoms with Crippen molar-refractivity contribution < 1.29 is 14.3 Å². The maximum atomic E-state index is 10.4. The van der Waals surface area contributed by atoms with Gasteiger partial charge in [-0.15, -0.1) is 0 Å². The molecule has 12 heavy (non-hydrogen) atoms. The molecule has 0 unspecified atom stereocenters. The first-order valence-electron chi connectivity index (χ1n) is 3.62. The summed E-state index contributed by atoms with van der Waals surface area (Å²) in [5.41, 5.74) is 0. The maximum absolute atomic E-state index is 10.4. The van der Waals surface area contributed by atoms with E-state index >= 15 is 0 Å². The van der Waals surface area contributed by atoms with Crippen molar-refractivity contribution in [3.63, 3.8) is 0 Å². The highest BCUT2D eigenvalue weighted by molar-refractivity contribution is 9.09. The van der Waals surface area contributed by atoms with Gasteiger partial charge < -0.3 is 9.52 Å². The standard InChI is InChI=1S/C8H9BrO3/c9-5-1-2-6-3-4-7(12-6)8(10)11/h3-4H,1-2,5H2,(H,10,11). The molecule has 0 spiro atoms.